The number of hydrogen-bond donors (Lipinski definition) is 2. The van der Waals surface area contributed by atoms with Crippen molar-refractivity contribution in [2.24, 2.45) is 0 Å². The van der Waals surface area contributed by atoms with Gasteiger partial charge in [-0.25, -0.2) is 0 Å². The van der Waals surface area contributed by atoms with Crippen LogP contribution in [0.3, 0.4) is 0 Å². The van der Waals surface area contributed by atoms with Gasteiger partial charge in [0.2, 0.25) is 0 Å². The first kappa shape index (κ1) is 12.8. The first-order valence-corrected chi connectivity index (χ1v) is 6.39. The molecule has 1 aromatic carbocycles. The Hall–Kier alpha value is -0.610. The molecule has 0 bridgehead atoms. The zero-order valence-electron chi connectivity index (χ0n) is 9.73. The predicted octanol–water partition coefficient (Wildman–Crippen LogP) is 2.14. The van der Waals surface area contributed by atoms with Gasteiger partial charge in [-0.3, -0.25) is 0 Å². The summed E-state index contributed by atoms with van der Waals surface area (Å²) in [6.07, 6.45) is 2.04. The van der Waals surface area contributed by atoms with Crippen LogP contribution in [-0.4, -0.2) is 30.9 Å². The Kier molecular flexibility index (Phi) is 4.80. The van der Waals surface area contributed by atoms with Crippen LogP contribution in [-0.2, 0) is 4.74 Å². The average Bonchev–Trinajstić information content (AvgIpc) is 2.82. The lowest BCUT2D eigenvalue weighted by Crippen LogP contribution is -2.29. The van der Waals surface area contributed by atoms with Crippen LogP contribution in [0.25, 0.3) is 0 Å². The first-order valence-electron chi connectivity index (χ1n) is 6.01. The van der Waals surface area contributed by atoms with E-state index in [-0.39, 0.29) is 0 Å². The predicted molar refractivity (Wildman–Crippen MR) is 68.3 cm³/mol. The van der Waals surface area contributed by atoms with E-state index in [4.69, 9.17) is 16.3 Å². The van der Waals surface area contributed by atoms with Crippen LogP contribution in [0, 0.1) is 0 Å². The van der Waals surface area contributed by atoms with Gasteiger partial charge in [0.1, 0.15) is 0 Å². The lowest BCUT2D eigenvalue weighted by Gasteiger charge is -2.15. The van der Waals surface area contributed by atoms with Crippen LogP contribution >= 0.6 is 11.6 Å². The molecule has 0 radical (unpaired) electrons. The lowest BCUT2D eigenvalue weighted by molar-refractivity contribution is 0.103. The molecule has 4 heteroatoms. The van der Waals surface area contributed by atoms with Gasteiger partial charge < -0.3 is 15.2 Å². The molecule has 94 valence electrons. The molecule has 0 amide bonds. The van der Waals surface area contributed by atoms with Crippen molar-refractivity contribution in [2.45, 2.75) is 25.0 Å². The molecular formula is C13H18ClNO2. The number of halogens is 1. The van der Waals surface area contributed by atoms with Crippen molar-refractivity contribution in [1.82, 2.24) is 5.32 Å². The summed E-state index contributed by atoms with van der Waals surface area (Å²) in [4.78, 5) is 0. The summed E-state index contributed by atoms with van der Waals surface area (Å²) in [6, 6.07) is 7.32. The molecule has 2 rings (SSSR count). The fraction of sp³-hybridized carbons (Fsp3) is 0.538. The summed E-state index contributed by atoms with van der Waals surface area (Å²) < 4.78 is 5.49. The van der Waals surface area contributed by atoms with Gasteiger partial charge in [-0.15, -0.1) is 0 Å². The molecule has 2 atom stereocenters. The Morgan fingerprint density at radius 1 is 1.53 bits per heavy atom. The summed E-state index contributed by atoms with van der Waals surface area (Å²) in [5.41, 5.74) is 0.845. The Bertz CT molecular complexity index is 353. The van der Waals surface area contributed by atoms with Gasteiger partial charge in [-0.05, 0) is 30.5 Å². The van der Waals surface area contributed by atoms with Crippen LogP contribution in [0.1, 0.15) is 24.5 Å². The highest BCUT2D eigenvalue weighted by molar-refractivity contribution is 6.30. The van der Waals surface area contributed by atoms with Crippen molar-refractivity contribution < 1.29 is 9.84 Å². The number of aliphatic hydroxyl groups is 1. The van der Waals surface area contributed by atoms with Crippen LogP contribution in [0.5, 0.6) is 0 Å². The average molecular weight is 256 g/mol. The molecule has 0 aliphatic carbocycles. The van der Waals surface area contributed by atoms with Gasteiger partial charge >= 0.3 is 0 Å². The molecule has 1 saturated heterocycles. The third-order valence-electron chi connectivity index (χ3n) is 2.97. The number of aliphatic hydroxyl groups excluding tert-OH is 1. The zero-order valence-corrected chi connectivity index (χ0v) is 10.5. The maximum atomic E-state index is 9.96. The smallest absolute Gasteiger partial charge is 0.0914 e. The number of benzene rings is 1. The van der Waals surface area contributed by atoms with Crippen LogP contribution in [0.4, 0.5) is 0 Å². The maximum Gasteiger partial charge on any atom is 0.0914 e. The second-order valence-corrected chi connectivity index (χ2v) is 4.80. The van der Waals surface area contributed by atoms with E-state index in [2.05, 4.69) is 5.32 Å². The van der Waals surface area contributed by atoms with Crippen LogP contribution in [0.15, 0.2) is 24.3 Å². The molecule has 2 N–H and O–H groups in total. The fourth-order valence-corrected chi connectivity index (χ4v) is 2.22. The molecule has 1 fully saturated rings. The Labute approximate surface area is 107 Å². The summed E-state index contributed by atoms with van der Waals surface area (Å²) in [5, 5.41) is 13.8. The minimum Gasteiger partial charge on any atom is -0.387 e. The van der Waals surface area contributed by atoms with E-state index in [1.54, 1.807) is 12.1 Å². The monoisotopic (exact) mass is 255 g/mol. The number of hydrogen-bond acceptors (Lipinski definition) is 3. The molecule has 1 aromatic rings. The van der Waals surface area contributed by atoms with Crippen molar-refractivity contribution >= 4 is 11.6 Å². The molecule has 0 spiro atoms. The van der Waals surface area contributed by atoms with Gasteiger partial charge in [0.05, 0.1) is 12.2 Å². The van der Waals surface area contributed by atoms with Gasteiger partial charge in [0, 0.05) is 24.7 Å². The van der Waals surface area contributed by atoms with Gasteiger partial charge in [0.25, 0.3) is 0 Å². The van der Waals surface area contributed by atoms with E-state index >= 15 is 0 Å². The van der Waals surface area contributed by atoms with E-state index < -0.39 is 6.10 Å². The zero-order chi connectivity index (χ0) is 12.1. The van der Waals surface area contributed by atoms with Crippen LogP contribution in [0.2, 0.25) is 5.02 Å². The highest BCUT2D eigenvalue weighted by Crippen LogP contribution is 2.17. The van der Waals surface area contributed by atoms with Gasteiger partial charge in [-0.1, -0.05) is 23.7 Å². The van der Waals surface area contributed by atoms with Gasteiger partial charge in [0.15, 0.2) is 0 Å². The SMILES string of the molecule is OC(CNCC1CCCO1)c1cccc(Cl)c1. The summed E-state index contributed by atoms with van der Waals surface area (Å²) in [6.45, 7) is 2.20. The van der Waals surface area contributed by atoms with E-state index in [0.717, 1.165) is 31.6 Å². The largest absolute Gasteiger partial charge is 0.387 e. The second-order valence-electron chi connectivity index (χ2n) is 4.36. The van der Waals surface area contributed by atoms with Crippen molar-refractivity contribution in [1.29, 1.82) is 0 Å². The molecule has 3 nitrogen and oxygen atoms in total. The summed E-state index contributed by atoms with van der Waals surface area (Å²) in [7, 11) is 0. The Morgan fingerprint density at radius 3 is 3.12 bits per heavy atom. The highest BCUT2D eigenvalue weighted by Gasteiger charge is 2.15. The first-order chi connectivity index (χ1) is 8.25. The quantitative estimate of drug-likeness (QED) is 0.847. The number of ether oxygens (including phenoxy) is 1. The van der Waals surface area contributed by atoms with Gasteiger partial charge in [-0.2, -0.15) is 0 Å². The fourth-order valence-electron chi connectivity index (χ4n) is 2.02. The number of nitrogens with one attached hydrogen (secondary N) is 1. The molecule has 1 aliphatic heterocycles. The topological polar surface area (TPSA) is 41.5 Å². The molecule has 1 heterocycles. The Morgan fingerprint density at radius 2 is 2.41 bits per heavy atom. The van der Waals surface area contributed by atoms with E-state index in [1.165, 1.54) is 0 Å². The molecule has 0 aromatic heterocycles. The standard InChI is InChI=1S/C13H18ClNO2/c14-11-4-1-3-10(7-11)13(16)9-15-8-12-5-2-6-17-12/h1,3-4,7,12-13,15-16H,2,5-6,8-9H2. The number of rotatable bonds is 5. The van der Waals surface area contributed by atoms with Crippen molar-refractivity contribution in [3.05, 3.63) is 34.9 Å². The molecular weight excluding hydrogens is 238 g/mol. The maximum absolute atomic E-state index is 9.96. The molecule has 17 heavy (non-hydrogen) atoms. The minimum absolute atomic E-state index is 0.307. The highest BCUT2D eigenvalue weighted by atomic mass is 35.5. The van der Waals surface area contributed by atoms with E-state index in [1.807, 2.05) is 12.1 Å². The normalized spacial score (nSPS) is 21.6. The third kappa shape index (κ3) is 3.96. The van der Waals surface area contributed by atoms with Crippen LogP contribution < -0.4 is 5.32 Å². The minimum atomic E-state index is -0.518. The Balaban J connectivity index is 1.74. The van der Waals surface area contributed by atoms with Crippen molar-refractivity contribution in [3.63, 3.8) is 0 Å². The van der Waals surface area contributed by atoms with Crippen molar-refractivity contribution in [3.8, 4) is 0 Å². The molecule has 2 unspecified atom stereocenters. The third-order valence-corrected chi connectivity index (χ3v) is 3.20. The summed E-state index contributed by atoms with van der Waals surface area (Å²) >= 11 is 5.88. The van der Waals surface area contributed by atoms with Crippen molar-refractivity contribution in [2.75, 3.05) is 19.7 Å². The van der Waals surface area contributed by atoms with E-state index in [9.17, 15) is 5.11 Å². The lowest BCUT2D eigenvalue weighted by atomic mass is 10.1. The van der Waals surface area contributed by atoms with E-state index in [0.29, 0.717) is 17.7 Å². The summed E-state index contributed by atoms with van der Waals surface area (Å²) in [5.74, 6) is 0. The molecule has 1 aliphatic rings. The molecule has 0 saturated carbocycles. The second kappa shape index (κ2) is 6.36.